The molecule has 4 bridgehead atoms. The quantitative estimate of drug-likeness (QED) is 0.335. The third-order valence-electron chi connectivity index (χ3n) is 8.56. The summed E-state index contributed by atoms with van der Waals surface area (Å²) in [4.78, 5) is 0. The predicted molar refractivity (Wildman–Crippen MR) is 87.8 cm³/mol. The fourth-order valence-electron chi connectivity index (χ4n) is 6.63. The first-order valence-corrected chi connectivity index (χ1v) is 11.1. The van der Waals surface area contributed by atoms with Crippen molar-refractivity contribution in [3.63, 3.8) is 0 Å². The molecule has 0 amide bonds. The molecule has 28 heavy (non-hydrogen) atoms. The van der Waals surface area contributed by atoms with Crippen LogP contribution in [-0.2, 0) is 14.3 Å². The Labute approximate surface area is 160 Å². The van der Waals surface area contributed by atoms with Gasteiger partial charge in [-0.25, -0.2) is 13.2 Å². The van der Waals surface area contributed by atoms with Gasteiger partial charge in [-0.2, -0.15) is 21.6 Å². The molecular weight excluding hydrogens is 410 g/mol. The van der Waals surface area contributed by atoms with Crippen LogP contribution in [0.5, 0.6) is 0 Å². The third-order valence-corrected chi connectivity index (χ3v) is 9.68. The van der Waals surface area contributed by atoms with Gasteiger partial charge < -0.3 is 0 Å². The Morgan fingerprint density at radius 3 is 1.75 bits per heavy atom. The average molecular weight is 434 g/mol. The van der Waals surface area contributed by atoms with Crippen molar-refractivity contribution in [2.75, 3.05) is 0 Å². The summed E-state index contributed by atoms with van der Waals surface area (Å²) in [5, 5.41) is 0. The zero-order chi connectivity index (χ0) is 20.9. The Kier molecular flexibility index (Phi) is 4.14. The smallest absolute Gasteiger partial charge is 0.253 e. The fraction of sp³-hybridized carbons (Fsp3) is 1.00. The molecule has 1 unspecified atom stereocenters. The van der Waals surface area contributed by atoms with Gasteiger partial charge in [0.25, 0.3) is 5.92 Å². The van der Waals surface area contributed by atoms with Gasteiger partial charge in [-0.1, -0.05) is 6.92 Å². The van der Waals surface area contributed by atoms with Crippen molar-refractivity contribution in [3.8, 4) is 0 Å². The number of hydrogen-bond donors (Lipinski definition) is 0. The van der Waals surface area contributed by atoms with Crippen molar-refractivity contribution in [1.82, 2.24) is 0 Å². The molecule has 3 nitrogen and oxygen atoms in total. The van der Waals surface area contributed by atoms with Gasteiger partial charge in [-0.05, 0) is 75.0 Å². The highest BCUT2D eigenvalue weighted by atomic mass is 32.2. The molecule has 6 saturated carbocycles. The summed E-state index contributed by atoms with van der Waals surface area (Å²) < 4.78 is 111. The van der Waals surface area contributed by atoms with Crippen LogP contribution in [0.15, 0.2) is 0 Å². The van der Waals surface area contributed by atoms with E-state index in [0.29, 0.717) is 19.3 Å². The summed E-state index contributed by atoms with van der Waals surface area (Å²) in [5.41, 5.74) is -10.7. The van der Waals surface area contributed by atoms with E-state index in [4.69, 9.17) is 0 Å². The lowest BCUT2D eigenvalue weighted by molar-refractivity contribution is -0.328. The second-order valence-electron chi connectivity index (χ2n) is 9.71. The van der Waals surface area contributed by atoms with Gasteiger partial charge in [-0.15, -0.1) is 0 Å². The number of hydrogen-bond acceptors (Lipinski definition) is 3. The van der Waals surface area contributed by atoms with E-state index >= 15 is 13.2 Å². The van der Waals surface area contributed by atoms with Crippen LogP contribution in [0.2, 0.25) is 0 Å². The molecule has 0 aromatic carbocycles. The highest BCUT2D eigenvalue weighted by molar-refractivity contribution is 7.87. The normalized spacial score (nSPS) is 48.0. The second-order valence-corrected chi connectivity index (χ2v) is 11.2. The van der Waals surface area contributed by atoms with Crippen LogP contribution < -0.4 is 0 Å². The van der Waals surface area contributed by atoms with Crippen molar-refractivity contribution >= 4 is 10.1 Å². The van der Waals surface area contributed by atoms with Crippen molar-refractivity contribution in [1.29, 1.82) is 0 Å². The largest absolute Gasteiger partial charge is 0.523 e. The first-order chi connectivity index (χ1) is 12.6. The lowest BCUT2D eigenvalue weighted by Gasteiger charge is -2.68. The molecule has 1 atom stereocenters. The molecule has 0 aromatic heterocycles. The van der Waals surface area contributed by atoms with Gasteiger partial charge in [0, 0.05) is 5.41 Å². The van der Waals surface area contributed by atoms with Gasteiger partial charge in [0.05, 0.1) is 0 Å². The molecule has 162 valence electrons. The maximum Gasteiger partial charge on any atom is 0.523 e. The van der Waals surface area contributed by atoms with Gasteiger partial charge >= 0.3 is 15.6 Å². The Bertz CT molecular complexity index is 742. The minimum absolute atomic E-state index is 0.125. The second kappa shape index (κ2) is 5.59. The summed E-state index contributed by atoms with van der Waals surface area (Å²) in [6.45, 7) is 2.13. The summed E-state index contributed by atoms with van der Waals surface area (Å²) in [6.07, 6.45) is -0.389. The van der Waals surface area contributed by atoms with Crippen molar-refractivity contribution < 1.29 is 38.9 Å². The molecule has 0 aromatic rings. The van der Waals surface area contributed by atoms with Gasteiger partial charge in [0.1, 0.15) is 5.60 Å². The van der Waals surface area contributed by atoms with E-state index in [0.717, 1.165) is 19.3 Å². The number of rotatable bonds is 3. The molecule has 0 N–H and O–H groups in total. The van der Waals surface area contributed by atoms with E-state index in [1.807, 2.05) is 0 Å². The highest BCUT2D eigenvalue weighted by Crippen LogP contribution is 2.75. The van der Waals surface area contributed by atoms with E-state index in [9.17, 15) is 21.6 Å². The van der Waals surface area contributed by atoms with Crippen LogP contribution in [-0.4, -0.2) is 31.6 Å². The SMILES string of the molecule is CC12CCC(C34CCC(OS(=O)(=O)C(F)(F)F)(CC3)C(F)C4(F)F)(CC1)CC2. The Balaban J connectivity index is 1.69. The number of fused-ring (bicyclic) bond motifs is 6. The lowest BCUT2D eigenvalue weighted by atomic mass is 9.38. The lowest BCUT2D eigenvalue weighted by Crippen LogP contribution is -2.73. The predicted octanol–water partition coefficient (Wildman–Crippen LogP) is 5.50. The minimum atomic E-state index is -6.17. The maximum atomic E-state index is 15.5. The number of halogens is 6. The average Bonchev–Trinajstić information content (AvgIpc) is 2.60. The van der Waals surface area contributed by atoms with Crippen molar-refractivity contribution in [3.05, 3.63) is 0 Å². The van der Waals surface area contributed by atoms with E-state index in [1.54, 1.807) is 0 Å². The summed E-state index contributed by atoms with van der Waals surface area (Å²) in [5.74, 6) is -3.93. The Morgan fingerprint density at radius 2 is 1.32 bits per heavy atom. The van der Waals surface area contributed by atoms with Crippen LogP contribution in [0.4, 0.5) is 26.3 Å². The summed E-state index contributed by atoms with van der Waals surface area (Å²) in [7, 11) is -6.17. The standard InChI is InChI=1S/C18H24F6O3S/c1-13-2-5-14(6-3-13,7-4-13)16-10-8-15(9-11-16,12(19)17(16,20)21)27-28(25,26)18(22,23)24/h12H,2-11H2,1H3. The van der Waals surface area contributed by atoms with Crippen LogP contribution in [0.1, 0.15) is 71.1 Å². The molecule has 6 fully saturated rings. The molecule has 0 saturated heterocycles. The summed E-state index contributed by atoms with van der Waals surface area (Å²) in [6, 6.07) is 0. The van der Waals surface area contributed by atoms with Crippen molar-refractivity contribution in [2.45, 2.75) is 94.3 Å². The summed E-state index contributed by atoms with van der Waals surface area (Å²) >= 11 is 0. The Hall–Kier alpha value is -0.510. The first-order valence-electron chi connectivity index (χ1n) is 9.68. The molecule has 0 spiro atoms. The molecule has 0 aliphatic heterocycles. The molecular formula is C18H24F6O3S. The topological polar surface area (TPSA) is 43.4 Å². The highest BCUT2D eigenvalue weighted by Gasteiger charge is 2.79. The molecule has 6 aliphatic rings. The van der Waals surface area contributed by atoms with Crippen LogP contribution in [0.3, 0.4) is 0 Å². The molecule has 6 rings (SSSR count). The minimum Gasteiger partial charge on any atom is -0.253 e. The molecule has 0 radical (unpaired) electrons. The van der Waals surface area contributed by atoms with E-state index in [-0.39, 0.29) is 18.3 Å². The van der Waals surface area contributed by atoms with Crippen LogP contribution >= 0.6 is 0 Å². The number of alkyl halides is 6. The van der Waals surface area contributed by atoms with Crippen LogP contribution in [0.25, 0.3) is 0 Å². The maximum absolute atomic E-state index is 15.5. The molecule has 10 heteroatoms. The van der Waals surface area contributed by atoms with E-state index in [1.165, 1.54) is 0 Å². The first kappa shape index (κ1) is 20.8. The van der Waals surface area contributed by atoms with E-state index < -0.39 is 57.0 Å². The third kappa shape index (κ3) is 2.42. The van der Waals surface area contributed by atoms with Crippen LogP contribution in [0, 0.1) is 16.2 Å². The van der Waals surface area contributed by atoms with Gasteiger partial charge in [0.15, 0.2) is 6.17 Å². The van der Waals surface area contributed by atoms with Gasteiger partial charge in [0.2, 0.25) is 0 Å². The zero-order valence-electron chi connectivity index (χ0n) is 15.5. The van der Waals surface area contributed by atoms with Crippen molar-refractivity contribution in [2.24, 2.45) is 16.2 Å². The monoisotopic (exact) mass is 434 g/mol. The molecule has 0 heterocycles. The Morgan fingerprint density at radius 1 is 0.857 bits per heavy atom. The molecule has 6 aliphatic carbocycles. The fourth-order valence-corrected chi connectivity index (χ4v) is 7.41. The zero-order valence-corrected chi connectivity index (χ0v) is 16.4. The van der Waals surface area contributed by atoms with Gasteiger partial charge in [-0.3, -0.25) is 4.18 Å². The van der Waals surface area contributed by atoms with E-state index in [2.05, 4.69) is 11.1 Å².